The number of carboxylic acids is 2. The second-order valence-corrected chi connectivity index (χ2v) is 11.3. The minimum Gasteiger partial charge on any atom is -0.481 e. The number of halogens is 3. The van der Waals surface area contributed by atoms with E-state index in [0.717, 1.165) is 5.56 Å². The number of carbonyl (C=O) groups is 8. The summed E-state index contributed by atoms with van der Waals surface area (Å²) in [6.07, 6.45) is -6.10. The molecule has 1 aromatic carbocycles. The van der Waals surface area contributed by atoms with Gasteiger partial charge in [-0.25, -0.2) is 4.79 Å². The number of guanidine groups is 1. The molecule has 3 heterocycles. The Morgan fingerprint density at radius 2 is 1.44 bits per heavy atom. The van der Waals surface area contributed by atoms with Crippen LogP contribution in [0.4, 0.5) is 13.2 Å². The third-order valence-corrected chi connectivity index (χ3v) is 7.34. The van der Waals surface area contributed by atoms with Gasteiger partial charge >= 0.3 is 18.1 Å². The molecule has 23 heteroatoms. The first-order valence-electron chi connectivity index (χ1n) is 15.4. The summed E-state index contributed by atoms with van der Waals surface area (Å²) >= 11 is 0. The quantitative estimate of drug-likeness (QED) is 0.0501. The van der Waals surface area contributed by atoms with Crippen molar-refractivity contribution in [1.29, 1.82) is 0 Å². The maximum absolute atomic E-state index is 13.7. The van der Waals surface area contributed by atoms with Crippen molar-refractivity contribution in [3.8, 4) is 0 Å². The highest BCUT2D eigenvalue weighted by molar-refractivity contribution is 6.00. The number of hydrogen-bond acceptors (Lipinski definition) is 10. The summed E-state index contributed by atoms with van der Waals surface area (Å²) in [6, 6.07) is 1.67. The van der Waals surface area contributed by atoms with Crippen molar-refractivity contribution in [1.82, 2.24) is 31.5 Å². The lowest BCUT2D eigenvalue weighted by Crippen LogP contribution is -2.66. The third kappa shape index (κ3) is 13.7. The summed E-state index contributed by atoms with van der Waals surface area (Å²) in [4.78, 5) is 104. The van der Waals surface area contributed by atoms with Crippen LogP contribution in [0.25, 0.3) is 0 Å². The lowest BCUT2D eigenvalue weighted by molar-refractivity contribution is -0.192. The van der Waals surface area contributed by atoms with E-state index in [2.05, 4.69) is 31.6 Å². The molecule has 0 aromatic heterocycles. The minimum absolute atomic E-state index is 0.0397. The Bertz CT molecular complexity index is 1540. The molecular formula is C29H39F3N10O10. The van der Waals surface area contributed by atoms with Crippen molar-refractivity contribution in [3.63, 3.8) is 0 Å². The van der Waals surface area contributed by atoms with Crippen molar-refractivity contribution in [2.75, 3.05) is 19.6 Å². The number of alkyl halides is 3. The Balaban J connectivity index is 0.00000121. The van der Waals surface area contributed by atoms with Gasteiger partial charge in [-0.2, -0.15) is 13.2 Å². The summed E-state index contributed by atoms with van der Waals surface area (Å²) in [5.41, 5.74) is 17.8. The molecule has 1 aromatic rings. The second kappa shape index (κ2) is 19.4. The maximum Gasteiger partial charge on any atom is 0.490 e. The second-order valence-electron chi connectivity index (χ2n) is 11.3. The number of rotatable bonds is 9. The molecule has 4 atom stereocenters. The number of aliphatic imine (C=N–C) groups is 1. The molecule has 0 saturated carbocycles. The largest absolute Gasteiger partial charge is 0.490 e. The molecule has 3 aliphatic rings. The number of piperazine rings is 1. The van der Waals surface area contributed by atoms with Crippen molar-refractivity contribution >= 4 is 53.3 Å². The Labute approximate surface area is 293 Å². The summed E-state index contributed by atoms with van der Waals surface area (Å²) in [5.74, 6) is -8.93. The summed E-state index contributed by atoms with van der Waals surface area (Å²) in [7, 11) is 0. The van der Waals surface area contributed by atoms with Crippen molar-refractivity contribution in [3.05, 3.63) is 35.4 Å². The van der Waals surface area contributed by atoms with Gasteiger partial charge in [-0.1, -0.05) is 24.3 Å². The zero-order valence-corrected chi connectivity index (χ0v) is 27.4. The van der Waals surface area contributed by atoms with Gasteiger partial charge in [0.2, 0.25) is 35.4 Å². The van der Waals surface area contributed by atoms with Gasteiger partial charge in [-0.05, 0) is 24.0 Å². The third-order valence-electron chi connectivity index (χ3n) is 7.34. The zero-order valence-electron chi connectivity index (χ0n) is 27.4. The highest BCUT2D eigenvalue weighted by atomic mass is 19.4. The fourth-order valence-corrected chi connectivity index (χ4v) is 4.78. The fourth-order valence-electron chi connectivity index (χ4n) is 4.78. The van der Waals surface area contributed by atoms with Crippen LogP contribution in [0.2, 0.25) is 0 Å². The van der Waals surface area contributed by atoms with Gasteiger partial charge < -0.3 is 58.9 Å². The average molecular weight is 745 g/mol. The Hall–Kier alpha value is -6.00. The highest BCUT2D eigenvalue weighted by Gasteiger charge is 2.42. The van der Waals surface area contributed by atoms with Gasteiger partial charge in [0.15, 0.2) is 5.96 Å². The molecule has 3 aliphatic heterocycles. The van der Waals surface area contributed by atoms with Crippen LogP contribution in [0.15, 0.2) is 29.3 Å². The number of amides is 6. The van der Waals surface area contributed by atoms with E-state index in [9.17, 15) is 51.8 Å². The zero-order chi connectivity index (χ0) is 39.2. The lowest BCUT2D eigenvalue weighted by Gasteiger charge is -2.39. The predicted molar refractivity (Wildman–Crippen MR) is 171 cm³/mol. The first-order chi connectivity index (χ1) is 24.3. The number of benzene rings is 1. The molecular weight excluding hydrogens is 705 g/mol. The van der Waals surface area contributed by atoms with E-state index in [1.54, 1.807) is 24.3 Å². The molecule has 4 rings (SSSR count). The first-order valence-corrected chi connectivity index (χ1v) is 15.4. The monoisotopic (exact) mass is 744 g/mol. The van der Waals surface area contributed by atoms with Crippen LogP contribution in [-0.4, -0.2) is 118 Å². The Morgan fingerprint density at radius 3 is 2.00 bits per heavy atom. The number of hydrogen-bond donors (Lipinski definition) is 10. The molecule has 286 valence electrons. The van der Waals surface area contributed by atoms with Gasteiger partial charge in [0.05, 0.1) is 19.4 Å². The van der Waals surface area contributed by atoms with E-state index in [-0.39, 0.29) is 31.9 Å². The molecule has 52 heavy (non-hydrogen) atoms. The predicted octanol–water partition coefficient (Wildman–Crippen LogP) is -3.89. The smallest absolute Gasteiger partial charge is 0.481 e. The van der Waals surface area contributed by atoms with Gasteiger partial charge in [0.25, 0.3) is 0 Å². The topological polar surface area (TPSA) is 331 Å². The molecule has 3 fully saturated rings. The van der Waals surface area contributed by atoms with Crippen molar-refractivity contribution < 1.29 is 61.7 Å². The fraction of sp³-hybridized carbons (Fsp3) is 0.483. The van der Waals surface area contributed by atoms with Gasteiger partial charge in [-0.15, -0.1) is 0 Å². The summed E-state index contributed by atoms with van der Waals surface area (Å²) < 4.78 is 31.7. The molecule has 13 N–H and O–H groups in total. The molecule has 0 aliphatic carbocycles. The molecule has 6 amide bonds. The molecule has 20 nitrogen and oxygen atoms in total. The number of nitrogens with two attached hydrogens (primary N) is 3. The Morgan fingerprint density at radius 1 is 0.865 bits per heavy atom. The van der Waals surface area contributed by atoms with Crippen LogP contribution in [0.3, 0.4) is 0 Å². The first kappa shape index (κ1) is 42.2. The van der Waals surface area contributed by atoms with E-state index in [4.69, 9.17) is 27.1 Å². The van der Waals surface area contributed by atoms with E-state index >= 15 is 0 Å². The van der Waals surface area contributed by atoms with Crippen LogP contribution >= 0.6 is 0 Å². The van der Waals surface area contributed by atoms with E-state index in [1.807, 2.05) is 0 Å². The van der Waals surface area contributed by atoms with Crippen LogP contribution in [0.5, 0.6) is 0 Å². The SMILES string of the molecule is NCc1ccc(CN2C(=O)[C@@H]3CC(=O)N[C@@H](CCCN=C(N)N)C(=O)NCC(=O)N[C@@H](CC(=O)O)C(=O)NC[C@@H]2C(=O)N3)cc1.O=C(O)C(F)(F)F. The van der Waals surface area contributed by atoms with Crippen LogP contribution in [-0.2, 0) is 51.4 Å². The van der Waals surface area contributed by atoms with Crippen LogP contribution in [0.1, 0.15) is 36.8 Å². The normalized spacial score (nSPS) is 21.6. The highest BCUT2D eigenvalue weighted by Crippen LogP contribution is 2.18. The lowest BCUT2D eigenvalue weighted by atomic mass is 10.0. The van der Waals surface area contributed by atoms with E-state index < -0.39 is 104 Å². The number of aliphatic carboxylic acids is 2. The van der Waals surface area contributed by atoms with Crippen LogP contribution in [0, 0.1) is 0 Å². The summed E-state index contributed by atoms with van der Waals surface area (Å²) in [6.45, 7) is -0.701. The molecule has 2 bridgehead atoms. The number of nitrogens with zero attached hydrogens (tertiary/aromatic N) is 2. The van der Waals surface area contributed by atoms with Gasteiger partial charge in [0, 0.05) is 26.2 Å². The van der Waals surface area contributed by atoms with Crippen molar-refractivity contribution in [2.45, 2.75) is 69.1 Å². The number of nitrogens with one attached hydrogen (secondary N) is 5. The Kier molecular flexibility index (Phi) is 15.7. The van der Waals surface area contributed by atoms with E-state index in [1.165, 1.54) is 4.90 Å². The maximum atomic E-state index is 13.7. The molecule has 0 spiro atoms. The van der Waals surface area contributed by atoms with E-state index in [0.29, 0.717) is 12.1 Å². The number of carboxylic acid groups (broad SMARTS) is 2. The standard InChI is InChI=1S/C27H38N10O8.C2HF3O2/c28-10-14-3-5-15(6-4-14)13-37-19-11-32-24(43)17(9-22(40)41)35-21(39)12-33-23(42)16(2-1-7-31-27(29)30)34-20(38)8-18(26(37)45)36-25(19)44;3-2(4,5)1(6)7/h3-6,16-19H,1-2,7-13,28H2,(H,32,43)(H,33,42)(H,34,38)(H,35,39)(H,36,44)(H,40,41)(H4,29,30,31);(H,6,7)/t16-,17-,18-,19+;/m0./s1. The summed E-state index contributed by atoms with van der Waals surface area (Å²) in [5, 5.41) is 28.5. The molecule has 0 radical (unpaired) electrons. The minimum atomic E-state index is -5.08. The number of fused-ring (bicyclic) bond motifs is 14. The molecule has 0 unspecified atom stereocenters. The van der Waals surface area contributed by atoms with Gasteiger partial charge in [-0.3, -0.25) is 38.6 Å². The van der Waals surface area contributed by atoms with Crippen LogP contribution < -0.4 is 43.8 Å². The van der Waals surface area contributed by atoms with Gasteiger partial charge in [0.1, 0.15) is 24.2 Å². The number of carbonyl (C=O) groups excluding carboxylic acids is 6. The average Bonchev–Trinajstić information content (AvgIpc) is 3.06. The van der Waals surface area contributed by atoms with Crippen molar-refractivity contribution in [2.24, 2.45) is 22.2 Å². The molecule has 3 saturated heterocycles.